The molecule has 3 aliphatic rings. The number of hydrogen-bond acceptors (Lipinski definition) is 8. The number of halogens is 1. The summed E-state index contributed by atoms with van der Waals surface area (Å²) < 4.78 is 35.0. The molecule has 4 aromatic rings. The third kappa shape index (κ3) is 5.52. The minimum atomic E-state index is -0.649. The second-order valence-corrected chi connectivity index (χ2v) is 12.0. The second kappa shape index (κ2) is 12.6. The molecule has 2 amide bonds. The van der Waals surface area contributed by atoms with Crippen LogP contribution in [0.2, 0.25) is 0 Å². The lowest BCUT2D eigenvalue weighted by Gasteiger charge is -2.29. The standard InChI is InChI=1S/C35H36FN5O6/c1-45-28-11-7-8-22(32(28)46-2)35(44)38-21-12-16-40(19-21)30-25(36)18-23-29-33(30)47-27-10-4-3-9-26(27)41(29)20-24(31(23)42)34(43)37-13-17-39-14-5-6-15-39/h3-4,7-11,18,20-21H,5-6,12-17,19H2,1-2H3,(H,37,43)(H,38,44). The molecule has 0 radical (unpaired) electrons. The molecule has 47 heavy (non-hydrogen) atoms. The Labute approximate surface area is 270 Å². The average molecular weight is 642 g/mol. The van der Waals surface area contributed by atoms with Crippen LogP contribution in [0.15, 0.2) is 59.5 Å². The number of nitrogens with zero attached hydrogens (tertiary/aromatic N) is 3. The summed E-state index contributed by atoms with van der Waals surface area (Å²) in [5.41, 5.74) is 0.907. The summed E-state index contributed by atoms with van der Waals surface area (Å²) in [6.07, 6.45) is 4.36. The van der Waals surface area contributed by atoms with Crippen molar-refractivity contribution in [2.24, 2.45) is 0 Å². The van der Waals surface area contributed by atoms with E-state index in [1.165, 1.54) is 26.5 Å². The number of methoxy groups -OCH3 is 2. The first kappa shape index (κ1) is 30.5. The van der Waals surface area contributed by atoms with Gasteiger partial charge in [0.05, 0.1) is 30.9 Å². The molecule has 12 heteroatoms. The smallest absolute Gasteiger partial charge is 0.256 e. The highest BCUT2D eigenvalue weighted by molar-refractivity contribution is 6.01. The van der Waals surface area contributed by atoms with E-state index in [9.17, 15) is 14.4 Å². The van der Waals surface area contributed by atoms with Crippen molar-refractivity contribution >= 4 is 28.4 Å². The van der Waals surface area contributed by atoms with E-state index in [1.54, 1.807) is 28.8 Å². The fourth-order valence-electron chi connectivity index (χ4n) is 6.85. The van der Waals surface area contributed by atoms with Crippen LogP contribution >= 0.6 is 0 Å². The number of aromatic nitrogens is 1. The van der Waals surface area contributed by atoms with Crippen molar-refractivity contribution in [3.8, 4) is 28.7 Å². The van der Waals surface area contributed by atoms with Gasteiger partial charge in [-0.1, -0.05) is 18.2 Å². The van der Waals surface area contributed by atoms with Gasteiger partial charge < -0.3 is 39.2 Å². The Kier molecular flexibility index (Phi) is 8.19. The van der Waals surface area contributed by atoms with Gasteiger partial charge in [-0.25, -0.2) is 4.39 Å². The topological polar surface area (TPSA) is 114 Å². The summed E-state index contributed by atoms with van der Waals surface area (Å²) in [4.78, 5) is 44.4. The van der Waals surface area contributed by atoms with Crippen molar-refractivity contribution in [1.82, 2.24) is 20.1 Å². The Bertz CT molecular complexity index is 1940. The Hall–Kier alpha value is -5.10. The highest BCUT2D eigenvalue weighted by Crippen LogP contribution is 2.47. The molecule has 4 heterocycles. The third-order valence-corrected chi connectivity index (χ3v) is 9.15. The predicted octanol–water partition coefficient (Wildman–Crippen LogP) is 4.09. The number of carbonyl (C=O) groups is 2. The highest BCUT2D eigenvalue weighted by atomic mass is 19.1. The maximum absolute atomic E-state index is 16.2. The average Bonchev–Trinajstić information content (AvgIpc) is 3.77. The number of anilines is 1. The molecule has 1 unspecified atom stereocenters. The molecule has 0 saturated carbocycles. The van der Waals surface area contributed by atoms with E-state index in [2.05, 4.69) is 15.5 Å². The van der Waals surface area contributed by atoms with Crippen LogP contribution in [0.1, 0.15) is 40.0 Å². The summed E-state index contributed by atoms with van der Waals surface area (Å²) in [5.74, 6) is -0.0549. The number of rotatable bonds is 9. The molecule has 3 aromatic carbocycles. The van der Waals surface area contributed by atoms with Crippen molar-refractivity contribution < 1.29 is 28.2 Å². The molecule has 2 fully saturated rings. The van der Waals surface area contributed by atoms with Gasteiger partial charge in [-0.15, -0.1) is 0 Å². The Morgan fingerprint density at radius 1 is 1.00 bits per heavy atom. The van der Waals surface area contributed by atoms with E-state index in [-0.39, 0.29) is 34.3 Å². The van der Waals surface area contributed by atoms with Gasteiger partial charge >= 0.3 is 0 Å². The van der Waals surface area contributed by atoms with E-state index in [0.717, 1.165) is 25.9 Å². The maximum atomic E-state index is 16.2. The fourth-order valence-corrected chi connectivity index (χ4v) is 6.85. The summed E-state index contributed by atoms with van der Waals surface area (Å²) in [7, 11) is 2.98. The van der Waals surface area contributed by atoms with Crippen molar-refractivity contribution in [2.45, 2.75) is 25.3 Å². The number of fused-ring (bicyclic) bond motifs is 2. The molecule has 2 N–H and O–H groups in total. The van der Waals surface area contributed by atoms with Gasteiger partial charge in [-0.2, -0.15) is 0 Å². The number of amides is 2. The summed E-state index contributed by atoms with van der Waals surface area (Å²) in [6.45, 7) is 3.85. The Balaban J connectivity index is 1.20. The van der Waals surface area contributed by atoms with Crippen LogP contribution in [0, 0.1) is 5.82 Å². The van der Waals surface area contributed by atoms with Crippen molar-refractivity contribution in [2.75, 3.05) is 58.4 Å². The molecule has 11 nitrogen and oxygen atoms in total. The monoisotopic (exact) mass is 641 g/mol. The van der Waals surface area contributed by atoms with Crippen LogP contribution in [0.5, 0.6) is 23.0 Å². The lowest BCUT2D eigenvalue weighted by molar-refractivity contribution is 0.0932. The van der Waals surface area contributed by atoms with E-state index in [4.69, 9.17) is 14.2 Å². The van der Waals surface area contributed by atoms with Crippen molar-refractivity contribution in [3.05, 3.63) is 81.9 Å². The summed E-state index contributed by atoms with van der Waals surface area (Å²) >= 11 is 0. The lowest BCUT2D eigenvalue weighted by atomic mass is 10.1. The SMILES string of the molecule is COc1cccc(C(=O)NC2CCN(c3c(F)cc4c(=O)c(C(=O)NCCN5CCCC5)cn5c4c3Oc3ccccc3-5)C2)c1OC. The van der Waals surface area contributed by atoms with Gasteiger partial charge in [0.25, 0.3) is 11.8 Å². The van der Waals surface area contributed by atoms with Crippen LogP contribution in [-0.4, -0.2) is 80.8 Å². The van der Waals surface area contributed by atoms with Gasteiger partial charge in [-0.3, -0.25) is 14.4 Å². The first-order valence-corrected chi connectivity index (χ1v) is 15.8. The molecule has 1 atom stereocenters. The highest BCUT2D eigenvalue weighted by Gasteiger charge is 2.34. The molecule has 7 rings (SSSR count). The maximum Gasteiger partial charge on any atom is 0.256 e. The Morgan fingerprint density at radius 3 is 2.60 bits per heavy atom. The fraction of sp³-hybridized carbons (Fsp3) is 0.343. The van der Waals surface area contributed by atoms with E-state index in [1.807, 2.05) is 23.1 Å². The molecule has 0 aliphatic carbocycles. The molecule has 3 aliphatic heterocycles. The van der Waals surface area contributed by atoms with Gasteiger partial charge in [0.1, 0.15) is 16.8 Å². The summed E-state index contributed by atoms with van der Waals surface area (Å²) in [6, 6.07) is 13.2. The minimum absolute atomic E-state index is 0.0529. The molecule has 0 spiro atoms. The van der Waals surface area contributed by atoms with Crippen LogP contribution in [0.4, 0.5) is 10.1 Å². The van der Waals surface area contributed by atoms with Crippen molar-refractivity contribution in [3.63, 3.8) is 0 Å². The molecule has 0 bridgehead atoms. The van der Waals surface area contributed by atoms with Crippen LogP contribution in [0.25, 0.3) is 16.6 Å². The van der Waals surface area contributed by atoms with Gasteiger partial charge in [0.2, 0.25) is 5.43 Å². The van der Waals surface area contributed by atoms with Crippen LogP contribution in [0.3, 0.4) is 0 Å². The van der Waals surface area contributed by atoms with Crippen LogP contribution in [-0.2, 0) is 0 Å². The largest absolute Gasteiger partial charge is 0.493 e. The zero-order chi connectivity index (χ0) is 32.7. The molecular weight excluding hydrogens is 605 g/mol. The second-order valence-electron chi connectivity index (χ2n) is 12.0. The number of ether oxygens (including phenoxy) is 3. The molecule has 244 valence electrons. The van der Waals surface area contributed by atoms with Gasteiger partial charge in [0.15, 0.2) is 28.8 Å². The summed E-state index contributed by atoms with van der Waals surface area (Å²) in [5, 5.41) is 5.97. The third-order valence-electron chi connectivity index (χ3n) is 9.15. The number of likely N-dealkylation sites (tertiary alicyclic amines) is 1. The number of nitrogens with one attached hydrogen (secondary N) is 2. The zero-order valence-electron chi connectivity index (χ0n) is 26.3. The normalized spacial score (nSPS) is 16.9. The zero-order valence-corrected chi connectivity index (χ0v) is 26.3. The van der Waals surface area contributed by atoms with Gasteiger partial charge in [0, 0.05) is 38.4 Å². The van der Waals surface area contributed by atoms with Gasteiger partial charge in [-0.05, 0) is 62.7 Å². The number of para-hydroxylation sites is 3. The molecule has 1 aromatic heterocycles. The quantitative estimate of drug-likeness (QED) is 0.248. The minimum Gasteiger partial charge on any atom is -0.493 e. The number of hydrogen-bond donors (Lipinski definition) is 2. The van der Waals surface area contributed by atoms with Crippen molar-refractivity contribution in [1.29, 1.82) is 0 Å². The first-order valence-electron chi connectivity index (χ1n) is 15.8. The predicted molar refractivity (Wildman–Crippen MR) is 175 cm³/mol. The number of carbonyl (C=O) groups excluding carboxylic acids is 2. The molecular formula is C35H36FN5O6. The Morgan fingerprint density at radius 2 is 1.81 bits per heavy atom. The molecule has 2 saturated heterocycles. The number of benzene rings is 3. The van der Waals surface area contributed by atoms with E-state index in [0.29, 0.717) is 66.6 Å². The van der Waals surface area contributed by atoms with E-state index >= 15 is 4.39 Å². The van der Waals surface area contributed by atoms with E-state index < -0.39 is 17.2 Å². The van der Waals surface area contributed by atoms with Crippen LogP contribution < -0.4 is 35.2 Å². The lowest BCUT2D eigenvalue weighted by Crippen LogP contribution is -2.37. The first-order chi connectivity index (χ1) is 22.9. The number of pyridine rings is 1.